The van der Waals surface area contributed by atoms with E-state index in [0.717, 1.165) is 56.5 Å². The lowest BCUT2D eigenvalue weighted by atomic mass is 9.97. The van der Waals surface area contributed by atoms with Gasteiger partial charge < -0.3 is 19.9 Å². The zero-order chi connectivity index (χ0) is 17.2. The molecule has 2 aliphatic rings. The monoisotopic (exact) mass is 357 g/mol. The minimum absolute atomic E-state index is 0.801. The predicted octanol–water partition coefficient (Wildman–Crippen LogP) is 3.32. The van der Waals surface area contributed by atoms with E-state index in [1.807, 2.05) is 12.1 Å². The molecule has 0 spiro atoms. The van der Waals surface area contributed by atoms with Crippen LogP contribution in [0.15, 0.2) is 36.4 Å². The standard InChI is InChI=1S/C20H24ClN3O/c1-25-20-6-5-19(18-14-22-8-7-17(18)20)24-11-9-23(10-12-24)16-4-2-3-15(21)13-16/h2-6,13,22H,7-12,14H2,1H3. The number of nitrogens with one attached hydrogen (secondary N) is 1. The summed E-state index contributed by atoms with van der Waals surface area (Å²) < 4.78 is 5.57. The SMILES string of the molecule is COc1ccc(N2CCN(c3cccc(Cl)c3)CC2)c2c1CCNC2. The van der Waals surface area contributed by atoms with Gasteiger partial charge in [0.25, 0.3) is 0 Å². The Morgan fingerprint density at radius 2 is 1.80 bits per heavy atom. The molecule has 0 radical (unpaired) electrons. The number of ether oxygens (including phenoxy) is 1. The average Bonchev–Trinajstić information content (AvgIpc) is 2.67. The maximum atomic E-state index is 6.14. The summed E-state index contributed by atoms with van der Waals surface area (Å²) in [5.41, 5.74) is 5.34. The van der Waals surface area contributed by atoms with Crippen LogP contribution in [0.2, 0.25) is 5.02 Å². The van der Waals surface area contributed by atoms with Gasteiger partial charge in [-0.2, -0.15) is 0 Å². The molecule has 0 aliphatic carbocycles. The number of piperazine rings is 1. The van der Waals surface area contributed by atoms with E-state index in [-0.39, 0.29) is 0 Å². The Kier molecular flexibility index (Phi) is 4.73. The predicted molar refractivity (Wildman–Crippen MR) is 104 cm³/mol. The first-order chi connectivity index (χ1) is 12.3. The molecule has 0 saturated carbocycles. The van der Waals surface area contributed by atoms with Crippen molar-refractivity contribution in [2.45, 2.75) is 13.0 Å². The molecule has 0 unspecified atom stereocenters. The molecule has 2 aromatic carbocycles. The summed E-state index contributed by atoms with van der Waals surface area (Å²) in [6, 6.07) is 12.5. The van der Waals surface area contributed by atoms with Gasteiger partial charge in [0.2, 0.25) is 0 Å². The fourth-order valence-corrected chi connectivity index (χ4v) is 4.11. The summed E-state index contributed by atoms with van der Waals surface area (Å²) in [6.07, 6.45) is 1.04. The van der Waals surface area contributed by atoms with E-state index >= 15 is 0 Å². The number of nitrogens with zero attached hydrogens (tertiary/aromatic N) is 2. The van der Waals surface area contributed by atoms with Crippen molar-refractivity contribution in [1.29, 1.82) is 0 Å². The smallest absolute Gasteiger partial charge is 0.122 e. The first-order valence-corrected chi connectivity index (χ1v) is 9.29. The number of anilines is 2. The third kappa shape index (κ3) is 3.29. The van der Waals surface area contributed by atoms with Crippen molar-refractivity contribution in [3.05, 3.63) is 52.5 Å². The molecule has 2 aliphatic heterocycles. The number of benzene rings is 2. The van der Waals surface area contributed by atoms with Crippen molar-refractivity contribution < 1.29 is 4.74 Å². The Morgan fingerprint density at radius 1 is 1.00 bits per heavy atom. The molecule has 1 fully saturated rings. The third-order valence-electron chi connectivity index (χ3n) is 5.23. The summed E-state index contributed by atoms with van der Waals surface area (Å²) in [6.45, 7) is 6.01. The van der Waals surface area contributed by atoms with Gasteiger partial charge in [-0.25, -0.2) is 0 Å². The third-order valence-corrected chi connectivity index (χ3v) is 5.47. The number of rotatable bonds is 3. The Bertz CT molecular complexity index is 757. The van der Waals surface area contributed by atoms with Crippen LogP contribution >= 0.6 is 11.6 Å². The Balaban J connectivity index is 1.53. The molecule has 0 aromatic heterocycles. The van der Waals surface area contributed by atoms with Gasteiger partial charge in [0.1, 0.15) is 5.75 Å². The normalized spacial score (nSPS) is 17.4. The fourth-order valence-electron chi connectivity index (χ4n) is 3.92. The highest BCUT2D eigenvalue weighted by Gasteiger charge is 2.23. The first kappa shape index (κ1) is 16.6. The molecular weight excluding hydrogens is 334 g/mol. The molecule has 1 N–H and O–H groups in total. The van der Waals surface area contributed by atoms with Gasteiger partial charge in [-0.15, -0.1) is 0 Å². The molecule has 0 amide bonds. The minimum atomic E-state index is 0.801. The lowest BCUT2D eigenvalue weighted by Crippen LogP contribution is -2.47. The van der Waals surface area contributed by atoms with E-state index in [1.54, 1.807) is 7.11 Å². The summed E-state index contributed by atoms with van der Waals surface area (Å²) in [5, 5.41) is 4.31. The second kappa shape index (κ2) is 7.14. The summed E-state index contributed by atoms with van der Waals surface area (Å²) in [5.74, 6) is 1.03. The van der Waals surface area contributed by atoms with Crippen LogP contribution in [0.25, 0.3) is 0 Å². The van der Waals surface area contributed by atoms with Crippen molar-refractivity contribution in [3.63, 3.8) is 0 Å². The van der Waals surface area contributed by atoms with Crippen LogP contribution in [-0.4, -0.2) is 39.8 Å². The quantitative estimate of drug-likeness (QED) is 0.912. The van der Waals surface area contributed by atoms with Crippen LogP contribution in [0.4, 0.5) is 11.4 Å². The summed E-state index contributed by atoms with van der Waals surface area (Å²) >= 11 is 6.14. The molecule has 4 rings (SSSR count). The highest BCUT2D eigenvalue weighted by molar-refractivity contribution is 6.30. The van der Waals surface area contributed by atoms with Crippen molar-refractivity contribution in [2.75, 3.05) is 49.6 Å². The van der Waals surface area contributed by atoms with Crippen molar-refractivity contribution in [3.8, 4) is 5.75 Å². The minimum Gasteiger partial charge on any atom is -0.496 e. The van der Waals surface area contributed by atoms with Crippen LogP contribution in [0.3, 0.4) is 0 Å². The first-order valence-electron chi connectivity index (χ1n) is 8.91. The van der Waals surface area contributed by atoms with Gasteiger partial charge >= 0.3 is 0 Å². The molecule has 2 aromatic rings. The largest absolute Gasteiger partial charge is 0.496 e. The average molecular weight is 358 g/mol. The second-order valence-corrected chi connectivity index (χ2v) is 7.06. The van der Waals surface area contributed by atoms with E-state index in [1.165, 1.54) is 22.5 Å². The maximum absolute atomic E-state index is 6.14. The van der Waals surface area contributed by atoms with Gasteiger partial charge in [-0.05, 0) is 48.9 Å². The number of hydrogen-bond donors (Lipinski definition) is 1. The molecule has 132 valence electrons. The van der Waals surface area contributed by atoms with Crippen LogP contribution in [0, 0.1) is 0 Å². The zero-order valence-electron chi connectivity index (χ0n) is 14.6. The van der Waals surface area contributed by atoms with Gasteiger partial charge in [-0.3, -0.25) is 0 Å². The summed E-state index contributed by atoms with van der Waals surface area (Å²) in [4.78, 5) is 4.92. The van der Waals surface area contributed by atoms with Gasteiger partial charge in [-0.1, -0.05) is 17.7 Å². The van der Waals surface area contributed by atoms with Crippen LogP contribution in [0.1, 0.15) is 11.1 Å². The maximum Gasteiger partial charge on any atom is 0.122 e. The highest BCUT2D eigenvalue weighted by Crippen LogP contribution is 2.34. The molecule has 4 nitrogen and oxygen atoms in total. The van der Waals surface area contributed by atoms with Crippen LogP contribution in [-0.2, 0) is 13.0 Å². The molecule has 2 heterocycles. The van der Waals surface area contributed by atoms with E-state index in [0.29, 0.717) is 0 Å². The molecular formula is C20H24ClN3O. The van der Waals surface area contributed by atoms with Crippen molar-refractivity contribution in [1.82, 2.24) is 5.32 Å². The zero-order valence-corrected chi connectivity index (χ0v) is 15.4. The Labute approximate surface area is 154 Å². The van der Waals surface area contributed by atoms with E-state index in [9.17, 15) is 0 Å². The van der Waals surface area contributed by atoms with Crippen molar-refractivity contribution in [2.24, 2.45) is 0 Å². The van der Waals surface area contributed by atoms with E-state index < -0.39 is 0 Å². The molecule has 1 saturated heterocycles. The van der Waals surface area contributed by atoms with Gasteiger partial charge in [0.15, 0.2) is 0 Å². The number of hydrogen-bond acceptors (Lipinski definition) is 4. The molecule has 25 heavy (non-hydrogen) atoms. The second-order valence-electron chi connectivity index (χ2n) is 6.62. The lowest BCUT2D eigenvalue weighted by Gasteiger charge is -2.39. The number of fused-ring (bicyclic) bond motifs is 1. The molecule has 0 bridgehead atoms. The summed E-state index contributed by atoms with van der Waals surface area (Å²) in [7, 11) is 1.76. The van der Waals surface area contributed by atoms with Crippen LogP contribution in [0.5, 0.6) is 5.75 Å². The van der Waals surface area contributed by atoms with E-state index in [2.05, 4.69) is 39.4 Å². The lowest BCUT2D eigenvalue weighted by molar-refractivity contribution is 0.406. The molecule has 5 heteroatoms. The number of methoxy groups -OCH3 is 1. The number of halogens is 1. The Hall–Kier alpha value is -1.91. The Morgan fingerprint density at radius 3 is 2.56 bits per heavy atom. The van der Waals surface area contributed by atoms with Crippen LogP contribution < -0.4 is 19.9 Å². The van der Waals surface area contributed by atoms with Gasteiger partial charge in [0.05, 0.1) is 7.11 Å². The fraction of sp³-hybridized carbons (Fsp3) is 0.400. The topological polar surface area (TPSA) is 27.7 Å². The van der Waals surface area contributed by atoms with Gasteiger partial charge in [0, 0.05) is 54.7 Å². The van der Waals surface area contributed by atoms with Crippen molar-refractivity contribution >= 4 is 23.0 Å². The van der Waals surface area contributed by atoms with E-state index in [4.69, 9.17) is 16.3 Å². The highest BCUT2D eigenvalue weighted by atomic mass is 35.5. The molecule has 0 atom stereocenters.